The zero-order valence-corrected chi connectivity index (χ0v) is 13.2. The molecule has 1 amide bonds. The monoisotopic (exact) mass is 318 g/mol. The van der Waals surface area contributed by atoms with Crippen molar-refractivity contribution in [2.45, 2.75) is 20.8 Å². The molecule has 0 bridgehead atoms. The van der Waals surface area contributed by atoms with Crippen molar-refractivity contribution in [3.8, 4) is 11.8 Å². The molecule has 0 saturated carbocycles. The number of benzene rings is 1. The first-order valence-corrected chi connectivity index (χ1v) is 6.99. The van der Waals surface area contributed by atoms with E-state index in [-0.39, 0.29) is 12.5 Å². The zero-order chi connectivity index (χ0) is 16.3. The van der Waals surface area contributed by atoms with Gasteiger partial charge in [0.05, 0.1) is 0 Å². The predicted molar refractivity (Wildman–Crippen MR) is 83.2 cm³/mol. The molecule has 2 rings (SSSR count). The number of ether oxygens (including phenoxy) is 1. The smallest absolute Gasteiger partial charge is 0.264 e. The predicted octanol–water partition coefficient (Wildman–Crippen LogP) is 3.75. The molecule has 0 aliphatic carbocycles. The van der Waals surface area contributed by atoms with Gasteiger partial charge in [-0.3, -0.25) is 10.1 Å². The number of anilines is 1. The van der Waals surface area contributed by atoms with Crippen LogP contribution in [0, 0.1) is 32.1 Å². The van der Waals surface area contributed by atoms with Crippen LogP contribution in [0.2, 0.25) is 5.02 Å². The fourth-order valence-electron chi connectivity index (χ4n) is 1.87. The van der Waals surface area contributed by atoms with E-state index in [0.29, 0.717) is 27.7 Å². The summed E-state index contributed by atoms with van der Waals surface area (Å²) in [4.78, 5) is 11.9. The maximum Gasteiger partial charge on any atom is 0.264 e. The highest BCUT2D eigenvalue weighted by atomic mass is 35.5. The number of rotatable bonds is 4. The lowest BCUT2D eigenvalue weighted by Crippen LogP contribution is -2.20. The first-order valence-electron chi connectivity index (χ1n) is 6.61. The van der Waals surface area contributed by atoms with E-state index < -0.39 is 5.91 Å². The number of nitriles is 1. The molecule has 5 nitrogen and oxygen atoms in total. The van der Waals surface area contributed by atoms with Crippen LogP contribution in [0.25, 0.3) is 0 Å². The summed E-state index contributed by atoms with van der Waals surface area (Å²) in [6, 6.07) is 7.15. The summed E-state index contributed by atoms with van der Waals surface area (Å²) < 4.78 is 10.8. The van der Waals surface area contributed by atoms with Crippen molar-refractivity contribution < 1.29 is 13.9 Å². The number of furan rings is 1. The number of nitrogens with zero attached hydrogens (tertiary/aromatic N) is 1. The van der Waals surface area contributed by atoms with Crippen molar-refractivity contribution in [1.29, 1.82) is 5.26 Å². The van der Waals surface area contributed by atoms with Crippen LogP contribution in [0.4, 0.5) is 5.88 Å². The lowest BCUT2D eigenvalue weighted by Gasteiger charge is -2.07. The number of hydrogen-bond donors (Lipinski definition) is 1. The van der Waals surface area contributed by atoms with Gasteiger partial charge in [0.1, 0.15) is 23.1 Å². The number of carbonyl (C=O) groups excluding carboxylic acids is 1. The van der Waals surface area contributed by atoms with Gasteiger partial charge in [0.15, 0.2) is 6.61 Å². The summed E-state index contributed by atoms with van der Waals surface area (Å²) >= 11 is 5.92. The third kappa shape index (κ3) is 3.41. The summed E-state index contributed by atoms with van der Waals surface area (Å²) in [6.07, 6.45) is 0. The molecule has 0 saturated heterocycles. The fraction of sp³-hybridized carbons (Fsp3) is 0.250. The minimum Gasteiger partial charge on any atom is -0.484 e. The van der Waals surface area contributed by atoms with Crippen LogP contribution in [-0.2, 0) is 4.79 Å². The Morgan fingerprint density at radius 2 is 2.14 bits per heavy atom. The molecular formula is C16H15ClN2O3. The van der Waals surface area contributed by atoms with Crippen molar-refractivity contribution >= 4 is 23.4 Å². The Bertz CT molecular complexity index is 759. The minimum atomic E-state index is -0.405. The Balaban J connectivity index is 2.00. The van der Waals surface area contributed by atoms with Crippen LogP contribution in [0.1, 0.15) is 22.5 Å². The van der Waals surface area contributed by atoms with E-state index in [4.69, 9.17) is 26.0 Å². The van der Waals surface area contributed by atoms with Crippen LogP contribution < -0.4 is 10.1 Å². The fourth-order valence-corrected chi connectivity index (χ4v) is 1.99. The maximum atomic E-state index is 11.9. The molecule has 114 valence electrons. The highest BCUT2D eigenvalue weighted by molar-refractivity contribution is 6.31. The molecule has 0 aliphatic heterocycles. The molecule has 22 heavy (non-hydrogen) atoms. The number of hydrogen-bond acceptors (Lipinski definition) is 4. The average molecular weight is 319 g/mol. The second-order valence-corrected chi connectivity index (χ2v) is 5.25. The number of carbonyl (C=O) groups is 1. The molecule has 0 spiro atoms. The number of aryl methyl sites for hydroxylation is 2. The third-order valence-electron chi connectivity index (χ3n) is 3.25. The second kappa shape index (κ2) is 6.54. The molecule has 1 aromatic carbocycles. The van der Waals surface area contributed by atoms with Crippen LogP contribution in [0.5, 0.6) is 5.75 Å². The van der Waals surface area contributed by atoms with Crippen molar-refractivity contribution in [1.82, 2.24) is 0 Å². The van der Waals surface area contributed by atoms with Crippen molar-refractivity contribution in [3.63, 3.8) is 0 Å². The van der Waals surface area contributed by atoms with Gasteiger partial charge in [-0.05, 0) is 44.5 Å². The third-order valence-corrected chi connectivity index (χ3v) is 3.67. The zero-order valence-electron chi connectivity index (χ0n) is 12.5. The Hall–Kier alpha value is -2.45. The van der Waals surface area contributed by atoms with Crippen LogP contribution in [-0.4, -0.2) is 12.5 Å². The molecule has 0 aliphatic rings. The van der Waals surface area contributed by atoms with E-state index in [1.165, 1.54) is 0 Å². The second-order valence-electron chi connectivity index (χ2n) is 4.85. The highest BCUT2D eigenvalue weighted by Crippen LogP contribution is 2.25. The SMILES string of the molecule is Cc1cc(OCC(=O)Nc2oc(C)c(C)c2C#N)ccc1Cl. The van der Waals surface area contributed by atoms with Crippen LogP contribution in [0.15, 0.2) is 22.6 Å². The van der Waals surface area contributed by atoms with E-state index in [1.54, 1.807) is 32.0 Å². The first-order chi connectivity index (χ1) is 10.4. The van der Waals surface area contributed by atoms with E-state index in [0.717, 1.165) is 5.56 Å². The lowest BCUT2D eigenvalue weighted by molar-refractivity contribution is -0.118. The van der Waals surface area contributed by atoms with Gasteiger partial charge in [0.2, 0.25) is 5.88 Å². The van der Waals surface area contributed by atoms with Crippen molar-refractivity contribution in [2.24, 2.45) is 0 Å². The molecule has 0 fully saturated rings. The Morgan fingerprint density at radius 1 is 1.41 bits per heavy atom. The van der Waals surface area contributed by atoms with E-state index in [2.05, 4.69) is 5.32 Å². The minimum absolute atomic E-state index is 0.151. The molecule has 2 aromatic rings. The Morgan fingerprint density at radius 3 is 2.77 bits per heavy atom. The summed E-state index contributed by atoms with van der Waals surface area (Å²) in [5.41, 5.74) is 1.91. The molecule has 1 aromatic heterocycles. The molecule has 0 radical (unpaired) electrons. The summed E-state index contributed by atoms with van der Waals surface area (Å²) in [5, 5.41) is 12.3. The summed E-state index contributed by atoms with van der Waals surface area (Å²) in [7, 11) is 0. The molecule has 0 unspecified atom stereocenters. The van der Waals surface area contributed by atoms with Gasteiger partial charge in [-0.25, -0.2) is 0 Å². The van der Waals surface area contributed by atoms with Gasteiger partial charge < -0.3 is 9.15 Å². The van der Waals surface area contributed by atoms with Gasteiger partial charge in [-0.15, -0.1) is 0 Å². The van der Waals surface area contributed by atoms with E-state index in [9.17, 15) is 4.79 Å². The van der Waals surface area contributed by atoms with Gasteiger partial charge in [-0.1, -0.05) is 11.6 Å². The summed E-state index contributed by atoms with van der Waals surface area (Å²) in [6.45, 7) is 5.16. The van der Waals surface area contributed by atoms with Crippen molar-refractivity contribution in [3.05, 3.63) is 45.7 Å². The van der Waals surface area contributed by atoms with Gasteiger partial charge >= 0.3 is 0 Å². The number of halogens is 1. The largest absolute Gasteiger partial charge is 0.484 e. The Labute approximate surface area is 133 Å². The molecule has 0 atom stereocenters. The maximum absolute atomic E-state index is 11.9. The topological polar surface area (TPSA) is 75.3 Å². The normalized spacial score (nSPS) is 10.1. The average Bonchev–Trinajstić information content (AvgIpc) is 2.74. The lowest BCUT2D eigenvalue weighted by atomic mass is 10.2. The molecule has 6 heteroatoms. The van der Waals surface area contributed by atoms with E-state index >= 15 is 0 Å². The summed E-state index contributed by atoms with van der Waals surface area (Å²) in [5.74, 6) is 0.890. The van der Waals surface area contributed by atoms with E-state index in [1.807, 2.05) is 13.0 Å². The van der Waals surface area contributed by atoms with Crippen LogP contribution >= 0.6 is 11.6 Å². The quantitative estimate of drug-likeness (QED) is 0.931. The van der Waals surface area contributed by atoms with Gasteiger partial charge in [0.25, 0.3) is 5.91 Å². The Kier molecular flexibility index (Phi) is 4.74. The van der Waals surface area contributed by atoms with Gasteiger partial charge in [-0.2, -0.15) is 5.26 Å². The highest BCUT2D eigenvalue weighted by Gasteiger charge is 2.16. The standard InChI is InChI=1S/C16H15ClN2O3/c1-9-6-12(4-5-14(9)17)21-8-15(20)19-16-13(7-18)10(2)11(3)22-16/h4-6H,8H2,1-3H3,(H,19,20). The number of amides is 1. The number of nitrogens with one attached hydrogen (secondary N) is 1. The van der Waals surface area contributed by atoms with Crippen LogP contribution in [0.3, 0.4) is 0 Å². The molecular weight excluding hydrogens is 304 g/mol. The van der Waals surface area contributed by atoms with Crippen molar-refractivity contribution in [2.75, 3.05) is 11.9 Å². The molecule has 1 heterocycles. The molecule has 1 N–H and O–H groups in total. The first kappa shape index (κ1) is 15.9. The van der Waals surface area contributed by atoms with Gasteiger partial charge in [0, 0.05) is 10.6 Å².